The van der Waals surface area contributed by atoms with Gasteiger partial charge in [0.15, 0.2) is 9.90 Å². The number of hydrogen-bond acceptors (Lipinski definition) is 6. The normalized spacial score (nSPS) is 13.5. The molecule has 0 radical (unpaired) electrons. The summed E-state index contributed by atoms with van der Waals surface area (Å²) in [5.74, 6) is -1.40. The summed E-state index contributed by atoms with van der Waals surface area (Å²) < 4.78 is 25.5. The van der Waals surface area contributed by atoms with Crippen molar-refractivity contribution in [1.82, 2.24) is 9.71 Å². The fourth-order valence-electron chi connectivity index (χ4n) is 1.09. The number of carboxylic acid groups (broad SMARTS) is 1. The van der Waals surface area contributed by atoms with Crippen molar-refractivity contribution in [3.63, 3.8) is 0 Å². The van der Waals surface area contributed by atoms with E-state index < -0.39 is 27.7 Å². The molecule has 0 spiro atoms. The Labute approximate surface area is 102 Å². The lowest BCUT2D eigenvalue weighted by atomic mass is 10.3. The van der Waals surface area contributed by atoms with Crippen LogP contribution >= 0.6 is 11.3 Å². The van der Waals surface area contributed by atoms with Crippen molar-refractivity contribution in [3.05, 3.63) is 11.2 Å². The highest BCUT2D eigenvalue weighted by atomic mass is 32.2. The molecule has 3 N–H and O–H groups in total. The average molecular weight is 280 g/mol. The number of thiazole rings is 1. The van der Waals surface area contributed by atoms with Gasteiger partial charge >= 0.3 is 5.97 Å². The number of nitrogens with zero attached hydrogens (tertiary/aromatic N) is 1. The molecule has 0 aliphatic heterocycles. The van der Waals surface area contributed by atoms with Crippen LogP contribution in [0, 0.1) is 0 Å². The van der Waals surface area contributed by atoms with Gasteiger partial charge in [-0.05, 0) is 6.42 Å². The summed E-state index contributed by atoms with van der Waals surface area (Å²) in [7, 11) is -3.95. The van der Waals surface area contributed by atoms with Gasteiger partial charge in [-0.3, -0.25) is 0 Å². The number of rotatable bonds is 6. The van der Waals surface area contributed by atoms with Gasteiger partial charge in [0.2, 0.25) is 0 Å². The smallest absolute Gasteiger partial charge is 0.356 e. The molecule has 0 saturated heterocycles. The molecule has 1 rings (SSSR count). The van der Waals surface area contributed by atoms with Gasteiger partial charge in [0.05, 0.1) is 12.1 Å². The van der Waals surface area contributed by atoms with Crippen LogP contribution < -0.4 is 4.72 Å². The van der Waals surface area contributed by atoms with Gasteiger partial charge < -0.3 is 10.2 Å². The minimum absolute atomic E-state index is 0.350. The zero-order valence-electron chi connectivity index (χ0n) is 8.95. The number of aromatic nitrogens is 1. The Hall–Kier alpha value is -1.03. The Morgan fingerprint density at radius 1 is 1.65 bits per heavy atom. The Kier molecular flexibility index (Phi) is 4.57. The van der Waals surface area contributed by atoms with E-state index in [0.29, 0.717) is 6.42 Å². The van der Waals surface area contributed by atoms with E-state index in [9.17, 15) is 13.2 Å². The Morgan fingerprint density at radius 3 is 2.76 bits per heavy atom. The monoisotopic (exact) mass is 280 g/mol. The van der Waals surface area contributed by atoms with E-state index in [2.05, 4.69) is 9.71 Å². The number of carbonyl (C=O) groups is 1. The molecular weight excluding hydrogens is 268 g/mol. The van der Waals surface area contributed by atoms with Gasteiger partial charge in [0.1, 0.15) is 0 Å². The third kappa shape index (κ3) is 3.22. The first-order valence-corrected chi connectivity index (χ1v) is 7.08. The van der Waals surface area contributed by atoms with E-state index in [1.165, 1.54) is 0 Å². The third-order valence-electron chi connectivity index (χ3n) is 2.02. The van der Waals surface area contributed by atoms with Crippen LogP contribution in [0.2, 0.25) is 0 Å². The predicted octanol–water partition coefficient (Wildman–Crippen LogP) is -0.109. The van der Waals surface area contributed by atoms with Crippen LogP contribution in [0.4, 0.5) is 0 Å². The van der Waals surface area contributed by atoms with Crippen LogP contribution in [0.5, 0.6) is 0 Å². The van der Waals surface area contributed by atoms with E-state index >= 15 is 0 Å². The van der Waals surface area contributed by atoms with E-state index in [1.54, 1.807) is 6.92 Å². The lowest BCUT2D eigenvalue weighted by molar-refractivity contribution is 0.0687. The lowest BCUT2D eigenvalue weighted by Crippen LogP contribution is -2.37. The molecule has 1 aromatic rings. The van der Waals surface area contributed by atoms with Crippen LogP contribution in [0.3, 0.4) is 0 Å². The van der Waals surface area contributed by atoms with E-state index in [4.69, 9.17) is 10.2 Å². The number of aromatic carboxylic acids is 1. The maximum absolute atomic E-state index is 11.8. The summed E-state index contributed by atoms with van der Waals surface area (Å²) in [5.41, 5.74) is 0.646. The summed E-state index contributed by atoms with van der Waals surface area (Å²) in [5, 5.41) is 17.7. The van der Waals surface area contributed by atoms with Crippen molar-refractivity contribution in [2.45, 2.75) is 23.6 Å². The second-order valence-electron chi connectivity index (χ2n) is 3.20. The average Bonchev–Trinajstić information content (AvgIpc) is 2.75. The number of nitrogens with one attached hydrogen (secondary N) is 1. The van der Waals surface area contributed by atoms with Crippen molar-refractivity contribution >= 4 is 27.3 Å². The standard InChI is InChI=1S/C8H12N2O5S2/c1-2-5(3-11)10-17(14,15)8-6(7(12)13)9-4-16-8/h4-5,10-11H,2-3H2,1H3,(H,12,13)/t5-/m0/s1. The van der Waals surface area contributed by atoms with Crippen molar-refractivity contribution in [3.8, 4) is 0 Å². The largest absolute Gasteiger partial charge is 0.476 e. The van der Waals surface area contributed by atoms with Crippen LogP contribution in [0.15, 0.2) is 9.72 Å². The quantitative estimate of drug-likeness (QED) is 0.669. The Bertz CT molecular complexity index is 492. The molecule has 0 unspecified atom stereocenters. The lowest BCUT2D eigenvalue weighted by Gasteiger charge is -2.13. The fourth-order valence-corrected chi connectivity index (χ4v) is 3.56. The number of aliphatic hydroxyl groups is 1. The Morgan fingerprint density at radius 2 is 2.29 bits per heavy atom. The van der Waals surface area contributed by atoms with Crippen LogP contribution in [0.25, 0.3) is 0 Å². The third-order valence-corrected chi connectivity index (χ3v) is 4.91. The number of hydrogen-bond donors (Lipinski definition) is 3. The zero-order valence-corrected chi connectivity index (χ0v) is 10.6. The first-order valence-electron chi connectivity index (χ1n) is 4.72. The maximum Gasteiger partial charge on any atom is 0.356 e. The summed E-state index contributed by atoms with van der Waals surface area (Å²) in [4.78, 5) is 14.2. The molecule has 0 bridgehead atoms. The number of sulfonamides is 1. The van der Waals surface area contributed by atoms with Crippen LogP contribution in [0.1, 0.15) is 23.8 Å². The molecule has 0 fully saturated rings. The van der Waals surface area contributed by atoms with E-state index in [1.807, 2.05) is 0 Å². The Balaban J connectivity index is 3.05. The summed E-state index contributed by atoms with van der Waals surface area (Å²) in [6.07, 6.45) is 0.400. The molecule has 1 aromatic heterocycles. The molecule has 17 heavy (non-hydrogen) atoms. The number of aliphatic hydroxyl groups excluding tert-OH is 1. The highest BCUT2D eigenvalue weighted by Gasteiger charge is 2.27. The maximum atomic E-state index is 11.8. The summed E-state index contributed by atoms with van der Waals surface area (Å²) in [6.45, 7) is 1.35. The zero-order chi connectivity index (χ0) is 13.1. The second kappa shape index (κ2) is 5.54. The van der Waals surface area contributed by atoms with E-state index in [0.717, 1.165) is 16.8 Å². The minimum atomic E-state index is -3.95. The van der Waals surface area contributed by atoms with Crippen molar-refractivity contribution in [2.24, 2.45) is 0 Å². The van der Waals surface area contributed by atoms with Crippen LogP contribution in [-0.2, 0) is 10.0 Å². The molecule has 0 aliphatic rings. The second-order valence-corrected chi connectivity index (χ2v) is 5.97. The summed E-state index contributed by atoms with van der Waals surface area (Å²) >= 11 is 0.724. The van der Waals surface area contributed by atoms with Gasteiger partial charge in [-0.2, -0.15) is 0 Å². The molecular formula is C8H12N2O5S2. The van der Waals surface area contributed by atoms with Gasteiger partial charge in [-0.1, -0.05) is 6.92 Å². The van der Waals surface area contributed by atoms with Crippen LogP contribution in [-0.4, -0.2) is 42.2 Å². The first kappa shape index (κ1) is 14.0. The predicted molar refractivity (Wildman–Crippen MR) is 60.6 cm³/mol. The topological polar surface area (TPSA) is 117 Å². The number of carboxylic acids is 1. The first-order chi connectivity index (χ1) is 7.92. The van der Waals surface area contributed by atoms with E-state index in [-0.39, 0.29) is 10.8 Å². The molecule has 7 nitrogen and oxygen atoms in total. The SMILES string of the molecule is CC[C@@H](CO)NS(=O)(=O)c1scnc1C(=O)O. The molecule has 9 heteroatoms. The van der Waals surface area contributed by atoms with Crippen molar-refractivity contribution in [2.75, 3.05) is 6.61 Å². The van der Waals surface area contributed by atoms with Gasteiger partial charge in [-0.15, -0.1) is 11.3 Å². The molecule has 0 saturated carbocycles. The van der Waals surface area contributed by atoms with Crippen molar-refractivity contribution in [1.29, 1.82) is 0 Å². The molecule has 1 heterocycles. The van der Waals surface area contributed by atoms with Crippen molar-refractivity contribution < 1.29 is 23.4 Å². The minimum Gasteiger partial charge on any atom is -0.476 e. The fraction of sp³-hybridized carbons (Fsp3) is 0.500. The molecule has 1 atom stereocenters. The highest BCUT2D eigenvalue weighted by Crippen LogP contribution is 2.20. The molecule has 96 valence electrons. The summed E-state index contributed by atoms with van der Waals surface area (Å²) in [6, 6.07) is -0.635. The van der Waals surface area contributed by atoms with Gasteiger partial charge in [0.25, 0.3) is 10.0 Å². The van der Waals surface area contributed by atoms with Gasteiger partial charge in [-0.25, -0.2) is 22.9 Å². The van der Waals surface area contributed by atoms with Gasteiger partial charge in [0, 0.05) is 6.04 Å². The highest BCUT2D eigenvalue weighted by molar-refractivity contribution is 7.91. The molecule has 0 aromatic carbocycles. The molecule has 0 aliphatic carbocycles. The molecule has 0 amide bonds.